The maximum absolute atomic E-state index is 15.2. The molecule has 3 aliphatic rings. The molecule has 1 aromatic rings. The Morgan fingerprint density at radius 1 is 0.657 bits per heavy atom. The van der Waals surface area contributed by atoms with Gasteiger partial charge < -0.3 is 0 Å². The average Bonchev–Trinajstić information content (AvgIpc) is 2.87. The molecule has 4 unspecified atom stereocenters. The minimum atomic E-state index is -1.71. The smallest absolute Gasteiger partial charge is 0.161 e. The Labute approximate surface area is 207 Å². The second kappa shape index (κ2) is 11.8. The Hall–Kier alpha value is -2.10. The van der Waals surface area contributed by atoms with Crippen LogP contribution in [0.25, 0.3) is 11.1 Å². The lowest BCUT2D eigenvalue weighted by Crippen LogP contribution is -2.29. The molecule has 0 radical (unpaired) electrons. The number of hydrogen-bond acceptors (Lipinski definition) is 0. The fourth-order valence-electron chi connectivity index (χ4n) is 5.72. The summed E-state index contributed by atoms with van der Waals surface area (Å²) in [7, 11) is 0. The molecule has 35 heavy (non-hydrogen) atoms. The first-order chi connectivity index (χ1) is 16.9. The second-order valence-electron chi connectivity index (χ2n) is 10.6. The van der Waals surface area contributed by atoms with E-state index in [1.807, 2.05) is 0 Å². The second-order valence-corrected chi connectivity index (χ2v) is 10.6. The van der Waals surface area contributed by atoms with Crippen molar-refractivity contribution in [3.8, 4) is 0 Å². The summed E-state index contributed by atoms with van der Waals surface area (Å²) >= 11 is 0. The summed E-state index contributed by atoms with van der Waals surface area (Å²) in [5, 5.41) is 0. The van der Waals surface area contributed by atoms with E-state index in [0.717, 1.165) is 51.4 Å². The maximum Gasteiger partial charge on any atom is 0.161 e. The van der Waals surface area contributed by atoms with Gasteiger partial charge in [0.1, 0.15) is 0 Å². The molecule has 190 valence electrons. The molecule has 4 rings (SSSR count). The molecule has 0 bridgehead atoms. The monoisotopic (exact) mass is 486 g/mol. The number of hydrogen-bond donors (Lipinski definition) is 0. The fraction of sp³-hybridized carbons (Fsp3) is 0.548. The van der Waals surface area contributed by atoms with E-state index < -0.39 is 24.7 Å². The van der Waals surface area contributed by atoms with Crippen LogP contribution in [-0.2, 0) is 0 Å². The van der Waals surface area contributed by atoms with Gasteiger partial charge in [-0.25, -0.2) is 17.6 Å². The zero-order valence-electron chi connectivity index (χ0n) is 21.0. The van der Waals surface area contributed by atoms with Gasteiger partial charge in [0.2, 0.25) is 0 Å². The van der Waals surface area contributed by atoms with E-state index in [-0.39, 0.29) is 5.92 Å². The van der Waals surface area contributed by atoms with E-state index >= 15 is 8.78 Å². The van der Waals surface area contributed by atoms with Gasteiger partial charge in [0.05, 0.1) is 0 Å². The lowest BCUT2D eigenvalue weighted by Gasteiger charge is -2.33. The highest BCUT2D eigenvalue weighted by Gasteiger charge is 2.36. The SMILES string of the molecule is CCCCCCC1=CC=C(c2ccc(C3=CC=C(C4CCC(C)CC4)C(F)C3F)cc2)C(F)C1F. The number of benzene rings is 1. The van der Waals surface area contributed by atoms with E-state index in [1.165, 1.54) is 0 Å². The van der Waals surface area contributed by atoms with Gasteiger partial charge in [0, 0.05) is 0 Å². The van der Waals surface area contributed by atoms with Crippen LogP contribution in [0.15, 0.2) is 59.7 Å². The van der Waals surface area contributed by atoms with E-state index in [4.69, 9.17) is 0 Å². The molecular weight excluding hydrogens is 448 g/mol. The number of unbranched alkanes of at least 4 members (excludes halogenated alkanes) is 3. The highest BCUT2D eigenvalue weighted by Crippen LogP contribution is 2.41. The highest BCUT2D eigenvalue weighted by molar-refractivity contribution is 5.77. The molecule has 1 saturated carbocycles. The van der Waals surface area contributed by atoms with Crippen LogP contribution >= 0.6 is 0 Å². The molecule has 1 fully saturated rings. The van der Waals surface area contributed by atoms with Crippen molar-refractivity contribution in [3.63, 3.8) is 0 Å². The summed E-state index contributed by atoms with van der Waals surface area (Å²) in [6, 6.07) is 6.74. The van der Waals surface area contributed by atoms with Crippen LogP contribution in [0.5, 0.6) is 0 Å². The third-order valence-corrected chi connectivity index (χ3v) is 8.07. The molecule has 0 heterocycles. The summed E-state index contributed by atoms with van der Waals surface area (Å²) in [6.45, 7) is 4.33. The van der Waals surface area contributed by atoms with Crippen molar-refractivity contribution in [2.45, 2.75) is 96.3 Å². The molecule has 0 N–H and O–H groups in total. The summed E-state index contributed by atoms with van der Waals surface area (Å²) in [5.74, 6) is 0.778. The Kier molecular flexibility index (Phi) is 8.73. The molecule has 3 aliphatic carbocycles. The maximum atomic E-state index is 15.2. The van der Waals surface area contributed by atoms with Crippen molar-refractivity contribution in [1.29, 1.82) is 0 Å². The lowest BCUT2D eigenvalue weighted by molar-refractivity contribution is 0.209. The predicted octanol–water partition coefficient (Wildman–Crippen LogP) is 9.48. The van der Waals surface area contributed by atoms with Gasteiger partial charge in [-0.05, 0) is 70.9 Å². The molecule has 0 aromatic heterocycles. The fourth-order valence-corrected chi connectivity index (χ4v) is 5.72. The Morgan fingerprint density at radius 3 is 1.83 bits per heavy atom. The quantitative estimate of drug-likeness (QED) is 0.253. The van der Waals surface area contributed by atoms with Gasteiger partial charge in [-0.2, -0.15) is 0 Å². The summed E-state index contributed by atoms with van der Waals surface area (Å²) in [4.78, 5) is 0. The zero-order chi connectivity index (χ0) is 24.9. The molecule has 1 aromatic carbocycles. The third kappa shape index (κ3) is 5.84. The van der Waals surface area contributed by atoms with Crippen LogP contribution in [0, 0.1) is 11.8 Å². The van der Waals surface area contributed by atoms with Gasteiger partial charge in [0.25, 0.3) is 0 Å². The lowest BCUT2D eigenvalue weighted by atomic mass is 9.75. The molecule has 4 atom stereocenters. The van der Waals surface area contributed by atoms with Crippen molar-refractivity contribution in [2.75, 3.05) is 0 Å². The van der Waals surface area contributed by atoms with E-state index in [0.29, 0.717) is 45.8 Å². The minimum absolute atomic E-state index is 0.123. The van der Waals surface area contributed by atoms with Crippen molar-refractivity contribution in [3.05, 3.63) is 70.8 Å². The molecule has 4 heteroatoms. The number of alkyl halides is 4. The topological polar surface area (TPSA) is 0 Å². The number of allylic oxidation sites excluding steroid dienone is 8. The Balaban J connectivity index is 1.47. The van der Waals surface area contributed by atoms with Gasteiger partial charge in [-0.3, -0.25) is 0 Å². The summed E-state index contributed by atoms with van der Waals surface area (Å²) in [6.07, 6.45) is 8.80. The molecule has 0 aliphatic heterocycles. The summed E-state index contributed by atoms with van der Waals surface area (Å²) < 4.78 is 60.0. The molecular formula is C31H38F4. The molecule has 0 saturated heterocycles. The third-order valence-electron chi connectivity index (χ3n) is 8.07. The normalized spacial score (nSPS) is 31.4. The first kappa shape index (κ1) is 26.0. The van der Waals surface area contributed by atoms with Crippen molar-refractivity contribution >= 4 is 11.1 Å². The van der Waals surface area contributed by atoms with E-state index in [9.17, 15) is 8.78 Å². The van der Waals surface area contributed by atoms with Crippen molar-refractivity contribution in [1.82, 2.24) is 0 Å². The molecule has 0 amide bonds. The van der Waals surface area contributed by atoms with Crippen molar-refractivity contribution in [2.24, 2.45) is 11.8 Å². The Bertz CT molecular complexity index is 976. The van der Waals surface area contributed by atoms with Crippen LogP contribution in [0.3, 0.4) is 0 Å². The standard InChI is InChI=1S/C31H38F4/c1-3-4-5-6-7-24-16-17-25(29(33)28(24)32)22-12-14-23(15-13-22)27-19-18-26(30(34)31(27)35)21-10-8-20(2)9-11-21/h12-21,28-31H,3-11H2,1-2H3. The predicted molar refractivity (Wildman–Crippen MR) is 138 cm³/mol. The first-order valence-corrected chi connectivity index (χ1v) is 13.4. The number of rotatable bonds is 8. The zero-order valence-corrected chi connectivity index (χ0v) is 21.0. The van der Waals surface area contributed by atoms with Crippen LogP contribution < -0.4 is 0 Å². The van der Waals surface area contributed by atoms with E-state index in [1.54, 1.807) is 48.6 Å². The number of halogens is 4. The first-order valence-electron chi connectivity index (χ1n) is 13.4. The molecule has 0 nitrogen and oxygen atoms in total. The van der Waals surface area contributed by atoms with Crippen LogP contribution in [0.2, 0.25) is 0 Å². The highest BCUT2D eigenvalue weighted by atomic mass is 19.2. The molecule has 0 spiro atoms. The minimum Gasteiger partial charge on any atom is -0.239 e. The van der Waals surface area contributed by atoms with Crippen LogP contribution in [-0.4, -0.2) is 24.7 Å². The largest absolute Gasteiger partial charge is 0.239 e. The van der Waals surface area contributed by atoms with Gasteiger partial charge in [-0.1, -0.05) is 94.5 Å². The summed E-state index contributed by atoms with van der Waals surface area (Å²) in [5.41, 5.74) is 2.86. The van der Waals surface area contributed by atoms with Gasteiger partial charge in [-0.15, -0.1) is 0 Å². The van der Waals surface area contributed by atoms with Crippen LogP contribution in [0.4, 0.5) is 17.6 Å². The van der Waals surface area contributed by atoms with Crippen LogP contribution in [0.1, 0.15) is 82.8 Å². The Morgan fingerprint density at radius 2 is 1.23 bits per heavy atom. The van der Waals surface area contributed by atoms with Crippen molar-refractivity contribution < 1.29 is 17.6 Å². The average molecular weight is 487 g/mol. The van der Waals surface area contributed by atoms with E-state index in [2.05, 4.69) is 13.8 Å². The van der Waals surface area contributed by atoms with Gasteiger partial charge >= 0.3 is 0 Å². The van der Waals surface area contributed by atoms with Gasteiger partial charge in [0.15, 0.2) is 24.7 Å².